The van der Waals surface area contributed by atoms with E-state index in [1.807, 2.05) is 4.90 Å². The summed E-state index contributed by atoms with van der Waals surface area (Å²) in [5, 5.41) is 3.09. The van der Waals surface area contributed by atoms with Crippen LogP contribution in [-0.4, -0.2) is 49.1 Å². The molecular formula is C17H28N2O3. The fourth-order valence-corrected chi connectivity index (χ4v) is 4.01. The molecule has 5 heteroatoms. The summed E-state index contributed by atoms with van der Waals surface area (Å²) in [5.41, 5.74) is 0. The number of hydrogen-bond donors (Lipinski definition) is 1. The number of carbonyl (C=O) groups excluding carboxylic acids is 2. The number of rotatable bonds is 4. The predicted octanol–water partition coefficient (Wildman–Crippen LogP) is 1.71. The number of likely N-dealkylation sites (tertiary alicyclic amines) is 1. The van der Waals surface area contributed by atoms with Crippen molar-refractivity contribution >= 4 is 11.8 Å². The van der Waals surface area contributed by atoms with Gasteiger partial charge in [0.15, 0.2) is 0 Å². The minimum atomic E-state index is 0.00596. The van der Waals surface area contributed by atoms with Crippen LogP contribution in [-0.2, 0) is 14.3 Å². The summed E-state index contributed by atoms with van der Waals surface area (Å²) in [6.45, 7) is 2.94. The molecule has 2 amide bonds. The van der Waals surface area contributed by atoms with Crippen molar-refractivity contribution in [1.29, 1.82) is 0 Å². The van der Waals surface area contributed by atoms with Gasteiger partial charge in [-0.1, -0.05) is 19.3 Å². The van der Waals surface area contributed by atoms with Gasteiger partial charge in [0.25, 0.3) is 0 Å². The molecule has 0 bridgehead atoms. The van der Waals surface area contributed by atoms with Gasteiger partial charge in [0.2, 0.25) is 11.8 Å². The highest BCUT2D eigenvalue weighted by Gasteiger charge is 2.33. The van der Waals surface area contributed by atoms with Gasteiger partial charge in [-0.05, 0) is 31.6 Å². The SMILES string of the molecule is O=C(N[C@@H]1CC(=O)N(CC2CCCCC2)C1)C1CCOCC1. The third-order valence-corrected chi connectivity index (χ3v) is 5.36. The van der Waals surface area contributed by atoms with Gasteiger partial charge in [-0.2, -0.15) is 0 Å². The molecule has 0 spiro atoms. The quantitative estimate of drug-likeness (QED) is 0.860. The smallest absolute Gasteiger partial charge is 0.224 e. The molecular weight excluding hydrogens is 280 g/mol. The summed E-state index contributed by atoms with van der Waals surface area (Å²) < 4.78 is 5.30. The van der Waals surface area contributed by atoms with Crippen molar-refractivity contribution in [3.8, 4) is 0 Å². The summed E-state index contributed by atoms with van der Waals surface area (Å²) in [7, 11) is 0. The summed E-state index contributed by atoms with van der Waals surface area (Å²) in [6.07, 6.45) is 8.53. The number of nitrogens with zero attached hydrogens (tertiary/aromatic N) is 1. The zero-order chi connectivity index (χ0) is 15.4. The lowest BCUT2D eigenvalue weighted by molar-refractivity contribution is -0.128. The Labute approximate surface area is 132 Å². The van der Waals surface area contributed by atoms with Crippen molar-refractivity contribution in [2.75, 3.05) is 26.3 Å². The number of nitrogens with one attached hydrogen (secondary N) is 1. The van der Waals surface area contributed by atoms with E-state index in [0.717, 1.165) is 19.4 Å². The minimum absolute atomic E-state index is 0.00596. The Balaban J connectivity index is 1.45. The van der Waals surface area contributed by atoms with Gasteiger partial charge in [-0.25, -0.2) is 0 Å². The molecule has 3 rings (SSSR count). The Hall–Kier alpha value is -1.10. The first kappa shape index (κ1) is 15.8. The molecule has 1 atom stereocenters. The third-order valence-electron chi connectivity index (χ3n) is 5.36. The van der Waals surface area contributed by atoms with Gasteiger partial charge < -0.3 is 15.0 Å². The molecule has 5 nitrogen and oxygen atoms in total. The van der Waals surface area contributed by atoms with Crippen LogP contribution in [0.1, 0.15) is 51.4 Å². The first-order chi connectivity index (χ1) is 10.7. The molecule has 1 N–H and O–H groups in total. The van der Waals surface area contributed by atoms with Crippen molar-refractivity contribution in [3.05, 3.63) is 0 Å². The molecule has 124 valence electrons. The standard InChI is InChI=1S/C17H28N2O3/c20-16-10-15(18-17(21)14-6-8-22-9-7-14)12-19(16)11-13-4-2-1-3-5-13/h13-15H,1-12H2,(H,18,21)/t15-/m1/s1. The van der Waals surface area contributed by atoms with Gasteiger partial charge in [-0.15, -0.1) is 0 Å². The van der Waals surface area contributed by atoms with Gasteiger partial charge in [0.1, 0.15) is 0 Å². The van der Waals surface area contributed by atoms with E-state index >= 15 is 0 Å². The molecule has 2 saturated heterocycles. The van der Waals surface area contributed by atoms with E-state index in [4.69, 9.17) is 4.74 Å². The molecule has 2 heterocycles. The van der Waals surface area contributed by atoms with Crippen molar-refractivity contribution in [1.82, 2.24) is 10.2 Å². The topological polar surface area (TPSA) is 58.6 Å². The molecule has 0 aromatic rings. The molecule has 0 aromatic heterocycles. The van der Waals surface area contributed by atoms with Crippen LogP contribution in [0.4, 0.5) is 0 Å². The number of carbonyl (C=O) groups is 2. The highest BCUT2D eigenvalue weighted by Crippen LogP contribution is 2.26. The van der Waals surface area contributed by atoms with Crippen LogP contribution >= 0.6 is 0 Å². The highest BCUT2D eigenvalue weighted by atomic mass is 16.5. The maximum Gasteiger partial charge on any atom is 0.224 e. The lowest BCUT2D eigenvalue weighted by Gasteiger charge is -2.27. The van der Waals surface area contributed by atoms with E-state index in [9.17, 15) is 9.59 Å². The normalized spacial score (nSPS) is 28.1. The van der Waals surface area contributed by atoms with Gasteiger partial charge in [0.05, 0.1) is 6.04 Å². The lowest BCUT2D eigenvalue weighted by atomic mass is 9.89. The van der Waals surface area contributed by atoms with E-state index in [-0.39, 0.29) is 23.8 Å². The number of ether oxygens (including phenoxy) is 1. The van der Waals surface area contributed by atoms with Crippen LogP contribution < -0.4 is 5.32 Å². The van der Waals surface area contributed by atoms with Crippen LogP contribution in [0.2, 0.25) is 0 Å². The summed E-state index contributed by atoms with van der Waals surface area (Å²) in [4.78, 5) is 26.4. The van der Waals surface area contributed by atoms with E-state index in [1.165, 1.54) is 32.1 Å². The maximum absolute atomic E-state index is 12.3. The monoisotopic (exact) mass is 308 g/mol. The lowest BCUT2D eigenvalue weighted by Crippen LogP contribution is -2.42. The highest BCUT2D eigenvalue weighted by molar-refractivity contribution is 5.83. The summed E-state index contributed by atoms with van der Waals surface area (Å²) >= 11 is 0. The second-order valence-electron chi connectivity index (χ2n) is 7.10. The Kier molecular flexibility index (Phi) is 5.34. The largest absolute Gasteiger partial charge is 0.381 e. The molecule has 3 fully saturated rings. The fraction of sp³-hybridized carbons (Fsp3) is 0.882. The number of amides is 2. The Morgan fingerprint density at radius 1 is 1.14 bits per heavy atom. The molecule has 0 aromatic carbocycles. The van der Waals surface area contributed by atoms with Crippen LogP contribution in [0.5, 0.6) is 0 Å². The second kappa shape index (κ2) is 7.44. The minimum Gasteiger partial charge on any atom is -0.381 e. The molecule has 0 unspecified atom stereocenters. The van der Waals surface area contributed by atoms with Crippen molar-refractivity contribution in [3.63, 3.8) is 0 Å². The molecule has 1 saturated carbocycles. The average molecular weight is 308 g/mol. The van der Waals surface area contributed by atoms with E-state index < -0.39 is 0 Å². The average Bonchev–Trinajstić information content (AvgIpc) is 2.88. The van der Waals surface area contributed by atoms with E-state index in [1.54, 1.807) is 0 Å². The number of hydrogen-bond acceptors (Lipinski definition) is 3. The Morgan fingerprint density at radius 3 is 2.59 bits per heavy atom. The van der Waals surface area contributed by atoms with Crippen molar-refractivity contribution in [2.24, 2.45) is 11.8 Å². The first-order valence-corrected chi connectivity index (χ1v) is 8.88. The van der Waals surface area contributed by atoms with Crippen molar-refractivity contribution < 1.29 is 14.3 Å². The molecule has 3 aliphatic rings. The molecule has 1 aliphatic carbocycles. The maximum atomic E-state index is 12.3. The van der Waals surface area contributed by atoms with Crippen LogP contribution in [0, 0.1) is 11.8 Å². The van der Waals surface area contributed by atoms with E-state index in [0.29, 0.717) is 32.1 Å². The fourth-order valence-electron chi connectivity index (χ4n) is 4.01. The van der Waals surface area contributed by atoms with Crippen LogP contribution in [0.15, 0.2) is 0 Å². The zero-order valence-corrected chi connectivity index (χ0v) is 13.4. The first-order valence-electron chi connectivity index (χ1n) is 8.88. The van der Waals surface area contributed by atoms with Gasteiger partial charge in [-0.3, -0.25) is 9.59 Å². The second-order valence-corrected chi connectivity index (χ2v) is 7.10. The Morgan fingerprint density at radius 2 is 1.86 bits per heavy atom. The molecule has 22 heavy (non-hydrogen) atoms. The zero-order valence-electron chi connectivity index (χ0n) is 13.4. The molecule has 2 aliphatic heterocycles. The summed E-state index contributed by atoms with van der Waals surface area (Å²) in [6, 6.07) is 0.00596. The van der Waals surface area contributed by atoms with Crippen LogP contribution in [0.3, 0.4) is 0 Å². The predicted molar refractivity (Wildman–Crippen MR) is 83.2 cm³/mol. The Bertz CT molecular complexity index is 401. The molecule has 0 radical (unpaired) electrons. The summed E-state index contributed by atoms with van der Waals surface area (Å²) in [5.74, 6) is 1.06. The van der Waals surface area contributed by atoms with Crippen LogP contribution in [0.25, 0.3) is 0 Å². The van der Waals surface area contributed by atoms with Gasteiger partial charge in [0, 0.05) is 38.6 Å². The van der Waals surface area contributed by atoms with Crippen molar-refractivity contribution in [2.45, 2.75) is 57.4 Å². The van der Waals surface area contributed by atoms with Gasteiger partial charge >= 0.3 is 0 Å². The third kappa shape index (κ3) is 4.00. The van der Waals surface area contributed by atoms with E-state index in [2.05, 4.69) is 5.32 Å².